The number of pyridine rings is 1. The SMILES string of the molecule is CN(C)C(=O)C(O)C1(C)C=C(c2cnc3[nH]cc(-c4ccccc4OC(F)(F)F)c3c2)C=NC1. The fraction of sp³-hybridized carbons (Fsp3) is 0.292. The van der Waals surface area contributed by atoms with E-state index in [1.165, 1.54) is 23.1 Å². The number of ether oxygens (including phenoxy) is 1. The Bertz CT molecular complexity index is 1300. The predicted molar refractivity (Wildman–Crippen MR) is 122 cm³/mol. The zero-order valence-corrected chi connectivity index (χ0v) is 18.7. The number of fused-ring (bicyclic) bond motifs is 1. The molecule has 0 radical (unpaired) electrons. The second-order valence-corrected chi connectivity index (χ2v) is 8.58. The van der Waals surface area contributed by atoms with Gasteiger partial charge in [0.05, 0.1) is 6.54 Å². The van der Waals surface area contributed by atoms with Crippen molar-refractivity contribution in [2.75, 3.05) is 20.6 Å². The molecule has 0 fully saturated rings. The highest BCUT2D eigenvalue weighted by atomic mass is 19.4. The van der Waals surface area contributed by atoms with Crippen LogP contribution >= 0.6 is 0 Å². The Balaban J connectivity index is 1.77. The summed E-state index contributed by atoms with van der Waals surface area (Å²) in [5.74, 6) is -0.754. The minimum atomic E-state index is -4.83. The molecule has 0 saturated heterocycles. The highest BCUT2D eigenvalue weighted by molar-refractivity contribution is 6.12. The number of aromatic nitrogens is 2. The highest BCUT2D eigenvalue weighted by Crippen LogP contribution is 2.38. The molecule has 1 aliphatic rings. The van der Waals surface area contributed by atoms with E-state index in [1.54, 1.807) is 57.8 Å². The van der Waals surface area contributed by atoms with Crippen LogP contribution < -0.4 is 4.74 Å². The molecule has 2 N–H and O–H groups in total. The number of benzene rings is 1. The first kappa shape index (κ1) is 23.5. The van der Waals surface area contributed by atoms with Crippen molar-refractivity contribution in [1.29, 1.82) is 0 Å². The third kappa shape index (κ3) is 4.54. The number of alkyl halides is 3. The number of aromatic amines is 1. The van der Waals surface area contributed by atoms with Gasteiger partial charge in [0.1, 0.15) is 17.5 Å². The maximum atomic E-state index is 12.9. The molecular formula is C24H23F3N4O3. The van der Waals surface area contributed by atoms with Gasteiger partial charge in [-0.1, -0.05) is 31.2 Å². The van der Waals surface area contributed by atoms with Crippen molar-refractivity contribution in [2.24, 2.45) is 10.4 Å². The zero-order valence-electron chi connectivity index (χ0n) is 18.7. The van der Waals surface area contributed by atoms with Gasteiger partial charge in [-0.3, -0.25) is 9.79 Å². The van der Waals surface area contributed by atoms with E-state index >= 15 is 0 Å². The molecule has 0 aliphatic carbocycles. The number of hydrogen-bond acceptors (Lipinski definition) is 5. The Morgan fingerprint density at radius 3 is 2.71 bits per heavy atom. The zero-order chi connectivity index (χ0) is 24.7. The lowest BCUT2D eigenvalue weighted by Crippen LogP contribution is -2.46. The standard InChI is InChI=1S/C24H23F3N4O3/c1-23(20(32)22(33)31(2)3)9-15(10-28-13-23)14-8-17-18(12-30-21(17)29-11-14)16-6-4-5-7-19(16)34-24(25,26)27/h4-12,20,32H,13H2,1-3H3,(H,29,30). The maximum absolute atomic E-state index is 12.9. The lowest BCUT2D eigenvalue weighted by Gasteiger charge is -2.33. The van der Waals surface area contributed by atoms with E-state index < -0.39 is 23.8 Å². The first-order valence-electron chi connectivity index (χ1n) is 10.4. The summed E-state index contributed by atoms with van der Waals surface area (Å²) < 4.78 is 43.0. The fourth-order valence-corrected chi connectivity index (χ4v) is 3.92. The number of nitrogens with zero attached hydrogens (tertiary/aromatic N) is 3. The molecule has 0 saturated carbocycles. The summed E-state index contributed by atoms with van der Waals surface area (Å²) in [7, 11) is 3.13. The number of amides is 1. The van der Waals surface area contributed by atoms with Crippen LogP contribution in [0.25, 0.3) is 27.7 Å². The third-order valence-corrected chi connectivity index (χ3v) is 5.71. The number of para-hydroxylation sites is 1. The van der Waals surface area contributed by atoms with Crippen LogP contribution in [0.2, 0.25) is 0 Å². The van der Waals surface area contributed by atoms with Crippen molar-refractivity contribution >= 4 is 28.7 Å². The molecule has 2 atom stereocenters. The van der Waals surface area contributed by atoms with Crippen LogP contribution in [0.3, 0.4) is 0 Å². The van der Waals surface area contributed by atoms with Gasteiger partial charge in [0.2, 0.25) is 0 Å². The van der Waals surface area contributed by atoms with Crippen molar-refractivity contribution in [1.82, 2.24) is 14.9 Å². The average Bonchev–Trinajstić information content (AvgIpc) is 3.20. The van der Waals surface area contributed by atoms with Gasteiger partial charge in [-0.2, -0.15) is 0 Å². The smallest absolute Gasteiger partial charge is 0.405 e. The van der Waals surface area contributed by atoms with Gasteiger partial charge < -0.3 is 19.7 Å². The summed E-state index contributed by atoms with van der Waals surface area (Å²) in [5, 5.41) is 11.2. The molecule has 10 heteroatoms. The van der Waals surface area contributed by atoms with Crippen LogP contribution in [-0.4, -0.2) is 65.2 Å². The number of halogens is 3. The van der Waals surface area contributed by atoms with Crippen LogP contribution in [0.1, 0.15) is 12.5 Å². The lowest BCUT2D eigenvalue weighted by molar-refractivity contribution is -0.274. The summed E-state index contributed by atoms with van der Waals surface area (Å²) in [6.45, 7) is 1.97. The van der Waals surface area contributed by atoms with E-state index in [9.17, 15) is 23.1 Å². The Labute approximate surface area is 193 Å². The quantitative estimate of drug-likeness (QED) is 0.586. The Morgan fingerprint density at radius 1 is 1.26 bits per heavy atom. The summed E-state index contributed by atoms with van der Waals surface area (Å²) in [6.07, 6.45) is 0.467. The number of rotatable bonds is 5. The van der Waals surface area contributed by atoms with Crippen molar-refractivity contribution in [2.45, 2.75) is 19.4 Å². The molecule has 1 aromatic carbocycles. The number of aliphatic imine (C=N–C) groups is 1. The summed E-state index contributed by atoms with van der Waals surface area (Å²) in [5.41, 5.74) is 1.58. The summed E-state index contributed by atoms with van der Waals surface area (Å²) in [6, 6.07) is 7.66. The fourth-order valence-electron chi connectivity index (χ4n) is 3.92. The molecule has 7 nitrogen and oxygen atoms in total. The highest BCUT2D eigenvalue weighted by Gasteiger charge is 2.38. The second kappa shape index (κ2) is 8.60. The van der Waals surface area contributed by atoms with E-state index in [2.05, 4.69) is 19.7 Å². The molecule has 178 valence electrons. The van der Waals surface area contributed by atoms with Gasteiger partial charge in [0.25, 0.3) is 5.91 Å². The maximum Gasteiger partial charge on any atom is 0.573 e. The van der Waals surface area contributed by atoms with E-state index in [0.29, 0.717) is 27.7 Å². The number of nitrogens with one attached hydrogen (secondary N) is 1. The Hall–Kier alpha value is -3.66. The first-order chi connectivity index (χ1) is 16.0. The predicted octanol–water partition coefficient (Wildman–Crippen LogP) is 4.05. The molecule has 1 amide bonds. The molecular weight excluding hydrogens is 449 g/mol. The van der Waals surface area contributed by atoms with Crippen LogP contribution in [0, 0.1) is 5.41 Å². The van der Waals surface area contributed by atoms with Crippen LogP contribution in [0.5, 0.6) is 5.75 Å². The van der Waals surface area contributed by atoms with Crippen molar-refractivity contribution in [3.63, 3.8) is 0 Å². The van der Waals surface area contributed by atoms with Crippen molar-refractivity contribution in [3.8, 4) is 16.9 Å². The number of hydrogen-bond donors (Lipinski definition) is 2. The Kier molecular flexibility index (Phi) is 5.94. The number of carbonyl (C=O) groups is 1. The molecule has 4 rings (SSSR count). The average molecular weight is 472 g/mol. The second-order valence-electron chi connectivity index (χ2n) is 8.58. The minimum absolute atomic E-state index is 0.227. The van der Waals surface area contributed by atoms with E-state index in [1.807, 2.05) is 0 Å². The molecule has 3 aromatic rings. The number of allylic oxidation sites excluding steroid dienone is 1. The summed E-state index contributed by atoms with van der Waals surface area (Å²) >= 11 is 0. The number of dihydropyridines is 1. The Morgan fingerprint density at radius 2 is 2.00 bits per heavy atom. The van der Waals surface area contributed by atoms with Crippen LogP contribution in [0.15, 0.2) is 53.8 Å². The largest absolute Gasteiger partial charge is 0.573 e. The number of H-pyrrole nitrogens is 1. The summed E-state index contributed by atoms with van der Waals surface area (Å²) in [4.78, 5) is 25.4. The monoisotopic (exact) mass is 472 g/mol. The van der Waals surface area contributed by atoms with E-state index in [4.69, 9.17) is 0 Å². The van der Waals surface area contributed by atoms with Crippen LogP contribution in [0.4, 0.5) is 13.2 Å². The van der Waals surface area contributed by atoms with Gasteiger partial charge >= 0.3 is 6.36 Å². The molecule has 2 unspecified atom stereocenters. The van der Waals surface area contributed by atoms with Crippen molar-refractivity contribution in [3.05, 3.63) is 54.4 Å². The van der Waals surface area contributed by atoms with Gasteiger partial charge in [0, 0.05) is 60.2 Å². The van der Waals surface area contributed by atoms with Gasteiger partial charge in [-0.15, -0.1) is 13.2 Å². The molecule has 1 aliphatic heterocycles. The normalized spacial score (nSPS) is 19.1. The van der Waals surface area contributed by atoms with Gasteiger partial charge in [-0.25, -0.2) is 4.98 Å². The third-order valence-electron chi connectivity index (χ3n) is 5.71. The number of likely N-dealkylation sites (N-methyl/N-ethyl adjacent to an activating group) is 1. The minimum Gasteiger partial charge on any atom is -0.405 e. The topological polar surface area (TPSA) is 90.8 Å². The molecule has 3 heterocycles. The van der Waals surface area contributed by atoms with Crippen molar-refractivity contribution < 1.29 is 27.8 Å². The molecule has 0 spiro atoms. The van der Waals surface area contributed by atoms with E-state index in [0.717, 1.165) is 0 Å². The number of aliphatic hydroxyl groups excluding tert-OH is 1. The molecule has 2 aromatic heterocycles. The van der Waals surface area contributed by atoms with Gasteiger partial charge in [0.15, 0.2) is 0 Å². The first-order valence-corrected chi connectivity index (χ1v) is 10.4. The molecule has 0 bridgehead atoms. The number of carbonyl (C=O) groups excluding carboxylic acids is 1. The lowest BCUT2D eigenvalue weighted by atomic mass is 9.79. The van der Waals surface area contributed by atoms with Crippen LogP contribution in [-0.2, 0) is 4.79 Å². The van der Waals surface area contributed by atoms with Gasteiger partial charge in [-0.05, 0) is 17.7 Å². The van der Waals surface area contributed by atoms with E-state index in [-0.39, 0.29) is 17.9 Å². The number of aliphatic hydroxyl groups is 1. The molecule has 34 heavy (non-hydrogen) atoms.